The number of hydrogen-bond acceptors (Lipinski definition) is 5. The first-order valence-electron chi connectivity index (χ1n) is 10.1. The molecule has 158 valence electrons. The zero-order valence-corrected chi connectivity index (χ0v) is 18.0. The van der Waals surface area contributed by atoms with Crippen molar-refractivity contribution in [3.8, 4) is 5.75 Å². The van der Waals surface area contributed by atoms with Gasteiger partial charge >= 0.3 is 0 Å². The molecule has 6 heteroatoms. The molecule has 1 N–H and O–H groups in total. The summed E-state index contributed by atoms with van der Waals surface area (Å²) in [6.45, 7) is 0. The van der Waals surface area contributed by atoms with E-state index in [1.807, 2.05) is 60.0 Å². The van der Waals surface area contributed by atoms with E-state index in [1.165, 1.54) is 23.3 Å². The summed E-state index contributed by atoms with van der Waals surface area (Å²) in [7, 11) is 1.50. The maximum Gasteiger partial charge on any atom is 0.300 e. The summed E-state index contributed by atoms with van der Waals surface area (Å²) in [5.41, 5.74) is 1.05. The molecule has 0 spiro atoms. The number of amides is 1. The van der Waals surface area contributed by atoms with Crippen molar-refractivity contribution in [2.45, 2.75) is 6.04 Å². The fraction of sp³-hybridized carbons (Fsp3) is 0.0769. The number of methoxy groups -OCH3 is 1. The van der Waals surface area contributed by atoms with Crippen molar-refractivity contribution >= 4 is 45.2 Å². The van der Waals surface area contributed by atoms with Crippen molar-refractivity contribution in [1.29, 1.82) is 0 Å². The van der Waals surface area contributed by atoms with Gasteiger partial charge in [0.05, 0.1) is 23.9 Å². The number of thiophene rings is 1. The van der Waals surface area contributed by atoms with Crippen LogP contribution in [0, 0.1) is 0 Å². The number of hydrogen-bond donors (Lipinski definition) is 1. The van der Waals surface area contributed by atoms with Crippen molar-refractivity contribution in [2.24, 2.45) is 0 Å². The monoisotopic (exact) mass is 441 g/mol. The third kappa shape index (κ3) is 3.08. The van der Waals surface area contributed by atoms with Crippen molar-refractivity contribution < 1.29 is 19.4 Å². The van der Waals surface area contributed by atoms with Crippen molar-refractivity contribution in [3.63, 3.8) is 0 Å². The standard InChI is InChI=1S/C26H19NO4S/c1-31-20-13-5-4-11-18(20)24(28)22-23(21-14-7-15-32-21)27(26(30)25(22)29)19-12-6-9-16-8-2-3-10-17(16)19/h2-15,23,28H,1H3/b24-22-. The van der Waals surface area contributed by atoms with Gasteiger partial charge in [0.2, 0.25) is 0 Å². The highest BCUT2D eigenvalue weighted by atomic mass is 32.1. The van der Waals surface area contributed by atoms with Crippen LogP contribution in [0.5, 0.6) is 5.75 Å². The van der Waals surface area contributed by atoms with Gasteiger partial charge in [0, 0.05) is 10.3 Å². The molecule has 32 heavy (non-hydrogen) atoms. The number of ketones is 1. The Balaban J connectivity index is 1.78. The normalized spacial score (nSPS) is 17.8. The zero-order chi connectivity index (χ0) is 22.2. The minimum Gasteiger partial charge on any atom is -0.507 e. The molecule has 5 nitrogen and oxygen atoms in total. The summed E-state index contributed by atoms with van der Waals surface area (Å²) in [6, 6.07) is 23.3. The van der Waals surface area contributed by atoms with Crippen molar-refractivity contribution in [3.05, 3.63) is 100 Å². The molecule has 1 amide bonds. The Labute approximate surface area is 188 Å². The van der Waals surface area contributed by atoms with Crippen LogP contribution < -0.4 is 9.64 Å². The van der Waals surface area contributed by atoms with E-state index in [1.54, 1.807) is 24.3 Å². The molecule has 2 heterocycles. The van der Waals surface area contributed by atoms with Gasteiger partial charge in [0.15, 0.2) is 0 Å². The van der Waals surface area contributed by atoms with Crippen LogP contribution in [0.2, 0.25) is 0 Å². The average molecular weight is 442 g/mol. The van der Waals surface area contributed by atoms with Crippen LogP contribution in [-0.2, 0) is 9.59 Å². The van der Waals surface area contributed by atoms with Crippen LogP contribution in [-0.4, -0.2) is 23.9 Å². The van der Waals surface area contributed by atoms with Gasteiger partial charge in [-0.15, -0.1) is 11.3 Å². The summed E-state index contributed by atoms with van der Waals surface area (Å²) in [4.78, 5) is 28.9. The van der Waals surface area contributed by atoms with E-state index in [-0.39, 0.29) is 11.3 Å². The van der Waals surface area contributed by atoms with Crippen LogP contribution >= 0.6 is 11.3 Å². The Morgan fingerprint density at radius 1 is 0.938 bits per heavy atom. The quantitative estimate of drug-likeness (QED) is 0.257. The Bertz CT molecular complexity index is 1370. The van der Waals surface area contributed by atoms with Crippen LogP contribution in [0.1, 0.15) is 16.5 Å². The second-order valence-electron chi connectivity index (χ2n) is 7.38. The predicted octanol–water partition coefficient (Wildman–Crippen LogP) is 5.54. The number of nitrogens with zero attached hydrogens (tertiary/aromatic N) is 1. The highest BCUT2D eigenvalue weighted by Gasteiger charge is 2.48. The summed E-state index contributed by atoms with van der Waals surface area (Å²) < 4.78 is 5.38. The maximum atomic E-state index is 13.4. The van der Waals surface area contributed by atoms with Gasteiger partial charge in [-0.1, -0.05) is 54.6 Å². The molecule has 4 aromatic rings. The molecule has 0 saturated carbocycles. The molecule has 1 atom stereocenters. The molecular weight excluding hydrogens is 422 g/mol. The lowest BCUT2D eigenvalue weighted by molar-refractivity contribution is -0.132. The number of ether oxygens (including phenoxy) is 1. The first-order chi connectivity index (χ1) is 15.6. The molecule has 1 aliphatic heterocycles. The number of fused-ring (bicyclic) bond motifs is 1. The zero-order valence-electron chi connectivity index (χ0n) is 17.2. The molecule has 1 aliphatic rings. The van der Waals surface area contributed by atoms with E-state index < -0.39 is 17.7 Å². The van der Waals surface area contributed by atoms with Gasteiger partial charge in [0.1, 0.15) is 17.6 Å². The number of aliphatic hydroxyl groups is 1. The molecular formula is C26H19NO4S. The third-order valence-corrected chi connectivity index (χ3v) is 6.57. The van der Waals surface area contributed by atoms with Crippen LogP contribution in [0.4, 0.5) is 5.69 Å². The van der Waals surface area contributed by atoms with E-state index in [4.69, 9.17) is 4.74 Å². The van der Waals surface area contributed by atoms with Gasteiger partial charge in [0.25, 0.3) is 11.7 Å². The Hall–Kier alpha value is -3.90. The molecule has 0 aliphatic carbocycles. The van der Waals surface area contributed by atoms with E-state index >= 15 is 0 Å². The second-order valence-corrected chi connectivity index (χ2v) is 8.36. The van der Waals surface area contributed by atoms with Gasteiger partial charge < -0.3 is 9.84 Å². The number of benzene rings is 3. The Morgan fingerprint density at radius 3 is 2.47 bits per heavy atom. The number of anilines is 1. The highest BCUT2D eigenvalue weighted by Crippen LogP contribution is 2.46. The second kappa shape index (κ2) is 7.98. The first kappa shape index (κ1) is 20.0. The maximum absolute atomic E-state index is 13.4. The molecule has 1 unspecified atom stereocenters. The van der Waals surface area contributed by atoms with Gasteiger partial charge in [-0.05, 0) is 35.0 Å². The number of rotatable bonds is 4. The molecule has 1 aromatic heterocycles. The topological polar surface area (TPSA) is 66.8 Å². The van der Waals surface area contributed by atoms with E-state index in [0.29, 0.717) is 17.0 Å². The number of aliphatic hydroxyl groups excluding tert-OH is 1. The minimum absolute atomic E-state index is 0.0508. The van der Waals surface area contributed by atoms with Crippen LogP contribution in [0.25, 0.3) is 16.5 Å². The lowest BCUT2D eigenvalue weighted by Crippen LogP contribution is -2.29. The lowest BCUT2D eigenvalue weighted by Gasteiger charge is -2.25. The Morgan fingerprint density at radius 2 is 1.69 bits per heavy atom. The summed E-state index contributed by atoms with van der Waals surface area (Å²) >= 11 is 1.43. The van der Waals surface area contributed by atoms with E-state index in [0.717, 1.165) is 15.6 Å². The number of para-hydroxylation sites is 1. The summed E-state index contributed by atoms with van der Waals surface area (Å²) in [6.07, 6.45) is 0. The predicted molar refractivity (Wildman–Crippen MR) is 126 cm³/mol. The van der Waals surface area contributed by atoms with Crippen molar-refractivity contribution in [2.75, 3.05) is 12.0 Å². The number of Topliss-reactive ketones (excluding diaryl/α,β-unsaturated/α-hetero) is 1. The SMILES string of the molecule is COc1ccccc1/C(O)=C1/C(=O)C(=O)N(c2cccc3ccccc23)C1c1cccs1. The van der Waals surface area contributed by atoms with Crippen molar-refractivity contribution in [1.82, 2.24) is 0 Å². The molecule has 1 saturated heterocycles. The van der Waals surface area contributed by atoms with Crippen LogP contribution in [0.3, 0.4) is 0 Å². The molecule has 1 fully saturated rings. The van der Waals surface area contributed by atoms with Gasteiger partial charge in [-0.3, -0.25) is 14.5 Å². The summed E-state index contributed by atoms with van der Waals surface area (Å²) in [5, 5.41) is 15.0. The molecule has 0 radical (unpaired) electrons. The lowest BCUT2D eigenvalue weighted by atomic mass is 9.99. The molecule has 3 aromatic carbocycles. The minimum atomic E-state index is -0.745. The molecule has 5 rings (SSSR count). The first-order valence-corrected chi connectivity index (χ1v) is 11.0. The van der Waals surface area contributed by atoms with E-state index in [9.17, 15) is 14.7 Å². The number of carbonyl (C=O) groups is 2. The third-order valence-electron chi connectivity index (χ3n) is 5.65. The van der Waals surface area contributed by atoms with Gasteiger partial charge in [-0.2, -0.15) is 0 Å². The number of carbonyl (C=O) groups excluding carboxylic acids is 2. The average Bonchev–Trinajstić information content (AvgIpc) is 3.45. The largest absolute Gasteiger partial charge is 0.507 e. The van der Waals surface area contributed by atoms with Gasteiger partial charge in [-0.25, -0.2) is 0 Å². The highest BCUT2D eigenvalue weighted by molar-refractivity contribution is 7.10. The molecule has 0 bridgehead atoms. The fourth-order valence-corrected chi connectivity index (χ4v) is 5.02. The Kier molecular flexibility index (Phi) is 4.99. The summed E-state index contributed by atoms with van der Waals surface area (Å²) in [5.74, 6) is -1.22. The fourth-order valence-electron chi connectivity index (χ4n) is 4.20. The smallest absolute Gasteiger partial charge is 0.300 e. The van der Waals surface area contributed by atoms with Crippen LogP contribution in [0.15, 0.2) is 89.8 Å². The van der Waals surface area contributed by atoms with E-state index in [2.05, 4.69) is 0 Å².